The van der Waals surface area contributed by atoms with Crippen molar-refractivity contribution in [1.29, 1.82) is 0 Å². The number of aromatic nitrogens is 2. The van der Waals surface area contributed by atoms with Crippen LogP contribution in [0.2, 0.25) is 0 Å². The number of fused-ring (bicyclic) bond motifs is 3. The number of nitrogens with zero attached hydrogens (tertiary/aromatic N) is 2. The van der Waals surface area contributed by atoms with Gasteiger partial charge in [0.1, 0.15) is 0 Å². The maximum atomic E-state index is 4.93. The first-order valence-electron chi connectivity index (χ1n) is 11.5. The van der Waals surface area contributed by atoms with Crippen LogP contribution in [-0.2, 0) is 6.42 Å². The molecule has 6 rings (SSSR count). The smallest absolute Gasteiger partial charge is 0.0556 e. The number of pyridine rings is 2. The lowest BCUT2D eigenvalue weighted by Crippen LogP contribution is -2.14. The molecule has 3 aromatic carbocycles. The van der Waals surface area contributed by atoms with Crippen molar-refractivity contribution in [2.45, 2.75) is 39.0 Å². The zero-order chi connectivity index (χ0) is 21.7. The van der Waals surface area contributed by atoms with Gasteiger partial charge in [-0.15, -0.1) is 0 Å². The molecule has 0 bridgehead atoms. The quantitative estimate of drug-likeness (QED) is 0.298. The molecule has 2 heteroatoms. The van der Waals surface area contributed by atoms with Gasteiger partial charge in [0, 0.05) is 35.3 Å². The Kier molecular flexibility index (Phi) is 4.53. The van der Waals surface area contributed by atoms with Crippen LogP contribution in [0.1, 0.15) is 46.7 Å². The molecular formula is C30H26N2. The van der Waals surface area contributed by atoms with Crippen molar-refractivity contribution in [3.8, 4) is 11.1 Å². The minimum atomic E-state index is 0.336. The van der Waals surface area contributed by atoms with Gasteiger partial charge in [0.15, 0.2) is 0 Å². The highest BCUT2D eigenvalue weighted by Crippen LogP contribution is 2.43. The molecular weight excluding hydrogens is 388 g/mol. The average Bonchev–Trinajstić information content (AvgIpc) is 2.83. The van der Waals surface area contributed by atoms with E-state index < -0.39 is 0 Å². The highest BCUT2D eigenvalue weighted by atomic mass is 14.7. The molecule has 0 saturated carbocycles. The summed E-state index contributed by atoms with van der Waals surface area (Å²) in [6.07, 6.45) is 9.33. The summed E-state index contributed by atoms with van der Waals surface area (Å²) in [6, 6.07) is 22.4. The van der Waals surface area contributed by atoms with Crippen molar-refractivity contribution < 1.29 is 0 Å². The van der Waals surface area contributed by atoms with E-state index in [4.69, 9.17) is 4.98 Å². The van der Waals surface area contributed by atoms with Gasteiger partial charge in [0.25, 0.3) is 0 Å². The number of hydrogen-bond acceptors (Lipinski definition) is 2. The van der Waals surface area contributed by atoms with Crippen LogP contribution in [0.5, 0.6) is 0 Å². The molecule has 156 valence electrons. The van der Waals surface area contributed by atoms with Crippen molar-refractivity contribution in [3.63, 3.8) is 0 Å². The van der Waals surface area contributed by atoms with E-state index in [9.17, 15) is 0 Å². The Hall–Kier alpha value is -3.52. The predicted molar refractivity (Wildman–Crippen MR) is 133 cm³/mol. The van der Waals surface area contributed by atoms with E-state index in [0.717, 1.165) is 12.8 Å². The normalized spacial score (nSPS) is 15.8. The molecule has 1 unspecified atom stereocenters. The zero-order valence-corrected chi connectivity index (χ0v) is 18.6. The molecule has 0 aliphatic heterocycles. The molecule has 2 heterocycles. The third-order valence-electron chi connectivity index (χ3n) is 7.12. The van der Waals surface area contributed by atoms with E-state index in [0.29, 0.717) is 5.92 Å². The monoisotopic (exact) mass is 414 g/mol. The molecule has 1 atom stereocenters. The molecule has 0 saturated heterocycles. The fourth-order valence-electron chi connectivity index (χ4n) is 5.53. The Morgan fingerprint density at radius 1 is 0.812 bits per heavy atom. The summed E-state index contributed by atoms with van der Waals surface area (Å²) in [5, 5.41) is 5.10. The van der Waals surface area contributed by atoms with Crippen LogP contribution in [0, 0.1) is 13.8 Å². The van der Waals surface area contributed by atoms with Gasteiger partial charge in [-0.25, -0.2) is 0 Å². The number of rotatable bonds is 2. The van der Waals surface area contributed by atoms with E-state index in [1.807, 2.05) is 18.6 Å². The molecule has 2 nitrogen and oxygen atoms in total. The standard InChI is InChI=1S/C30H26N2/c1-19-9-11-21-13-16-32-30(28(21)17-19)27-8-4-6-22-23(5-3-7-24(22)27)25-12-10-20(2)29-18-31-15-14-26(25)29/h3,5,7,9-18,27H,4,6,8H2,1-2H3. The SMILES string of the molecule is Cc1ccc2ccnc(C3CCCc4c(-c5ccc(C)c6cnccc56)cccc43)c2c1. The summed E-state index contributed by atoms with van der Waals surface area (Å²) in [7, 11) is 0. The zero-order valence-electron chi connectivity index (χ0n) is 18.6. The van der Waals surface area contributed by atoms with Gasteiger partial charge < -0.3 is 0 Å². The maximum absolute atomic E-state index is 4.93. The lowest BCUT2D eigenvalue weighted by Gasteiger charge is -2.28. The van der Waals surface area contributed by atoms with Crippen LogP contribution >= 0.6 is 0 Å². The van der Waals surface area contributed by atoms with Crippen LogP contribution in [0.3, 0.4) is 0 Å². The Morgan fingerprint density at radius 2 is 1.75 bits per heavy atom. The molecule has 0 N–H and O–H groups in total. The third kappa shape index (κ3) is 3.02. The molecule has 32 heavy (non-hydrogen) atoms. The van der Waals surface area contributed by atoms with Gasteiger partial charge in [0.05, 0.1) is 5.69 Å². The van der Waals surface area contributed by atoms with Gasteiger partial charge in [0.2, 0.25) is 0 Å². The topological polar surface area (TPSA) is 25.8 Å². The Morgan fingerprint density at radius 3 is 2.69 bits per heavy atom. The van der Waals surface area contributed by atoms with Gasteiger partial charge >= 0.3 is 0 Å². The molecule has 0 fully saturated rings. The van der Waals surface area contributed by atoms with Crippen molar-refractivity contribution in [2.75, 3.05) is 0 Å². The first-order valence-corrected chi connectivity index (χ1v) is 11.5. The summed E-state index contributed by atoms with van der Waals surface area (Å²) in [4.78, 5) is 9.30. The fourth-order valence-corrected chi connectivity index (χ4v) is 5.53. The number of hydrogen-bond donors (Lipinski definition) is 0. The first-order chi connectivity index (χ1) is 15.7. The molecule has 0 amide bonds. The molecule has 0 radical (unpaired) electrons. The van der Waals surface area contributed by atoms with Crippen LogP contribution < -0.4 is 0 Å². The van der Waals surface area contributed by atoms with E-state index >= 15 is 0 Å². The number of benzene rings is 3. The molecule has 5 aromatic rings. The van der Waals surface area contributed by atoms with Crippen molar-refractivity contribution in [2.24, 2.45) is 0 Å². The lowest BCUT2D eigenvalue weighted by molar-refractivity contribution is 0.609. The lowest BCUT2D eigenvalue weighted by atomic mass is 9.76. The molecule has 2 aromatic heterocycles. The number of aryl methyl sites for hydroxylation is 2. The Bertz CT molecular complexity index is 1480. The van der Waals surface area contributed by atoms with E-state index in [1.165, 1.54) is 67.0 Å². The van der Waals surface area contributed by atoms with Gasteiger partial charge in [-0.2, -0.15) is 0 Å². The van der Waals surface area contributed by atoms with Crippen LogP contribution in [-0.4, -0.2) is 9.97 Å². The van der Waals surface area contributed by atoms with Gasteiger partial charge in [-0.3, -0.25) is 9.97 Å². The largest absolute Gasteiger partial charge is 0.264 e. The van der Waals surface area contributed by atoms with E-state index in [1.54, 1.807) is 0 Å². The van der Waals surface area contributed by atoms with Gasteiger partial charge in [-0.05, 0) is 89.9 Å². The summed E-state index contributed by atoms with van der Waals surface area (Å²) >= 11 is 0. The van der Waals surface area contributed by atoms with Crippen LogP contribution in [0.25, 0.3) is 32.7 Å². The average molecular weight is 415 g/mol. The highest BCUT2D eigenvalue weighted by Gasteiger charge is 2.26. The minimum absolute atomic E-state index is 0.336. The summed E-state index contributed by atoms with van der Waals surface area (Å²) < 4.78 is 0. The van der Waals surface area contributed by atoms with Crippen molar-refractivity contribution in [1.82, 2.24) is 9.97 Å². The fraction of sp³-hybridized carbons (Fsp3) is 0.200. The van der Waals surface area contributed by atoms with Gasteiger partial charge in [-0.1, -0.05) is 48.0 Å². The van der Waals surface area contributed by atoms with Crippen molar-refractivity contribution >= 4 is 21.5 Å². The predicted octanol–water partition coefficient (Wildman–Crippen LogP) is 7.54. The van der Waals surface area contributed by atoms with Crippen LogP contribution in [0.4, 0.5) is 0 Å². The Labute approximate surface area is 189 Å². The second-order valence-corrected chi connectivity index (χ2v) is 9.09. The Balaban J connectivity index is 1.57. The van der Waals surface area contributed by atoms with Crippen molar-refractivity contribution in [3.05, 3.63) is 107 Å². The first kappa shape index (κ1) is 19.2. The summed E-state index contributed by atoms with van der Waals surface area (Å²) in [5.41, 5.74) is 9.38. The maximum Gasteiger partial charge on any atom is 0.0556 e. The molecule has 0 spiro atoms. The second kappa shape index (κ2) is 7.56. The van der Waals surface area contributed by atoms with Crippen LogP contribution in [0.15, 0.2) is 79.3 Å². The molecule has 1 aliphatic carbocycles. The van der Waals surface area contributed by atoms with E-state index in [-0.39, 0.29) is 0 Å². The molecule has 1 aliphatic rings. The van der Waals surface area contributed by atoms with E-state index in [2.05, 4.69) is 79.5 Å². The second-order valence-electron chi connectivity index (χ2n) is 9.09. The minimum Gasteiger partial charge on any atom is -0.264 e. The highest BCUT2D eigenvalue weighted by molar-refractivity contribution is 5.99. The third-order valence-corrected chi connectivity index (χ3v) is 7.12. The summed E-state index contributed by atoms with van der Waals surface area (Å²) in [6.45, 7) is 4.33. The summed E-state index contributed by atoms with van der Waals surface area (Å²) in [5.74, 6) is 0.336.